The number of hydrogen-bond donors (Lipinski definition) is 1. The number of nitrogens with zero attached hydrogens (tertiary/aromatic N) is 1. The fourth-order valence-electron chi connectivity index (χ4n) is 3.14. The summed E-state index contributed by atoms with van der Waals surface area (Å²) in [6, 6.07) is 0. The van der Waals surface area contributed by atoms with Crippen LogP contribution in [-0.4, -0.2) is 11.5 Å². The average Bonchev–Trinajstić information content (AvgIpc) is 2.84. The van der Waals surface area contributed by atoms with Gasteiger partial charge in [-0.05, 0) is 31.7 Å². The van der Waals surface area contributed by atoms with Crippen molar-refractivity contribution in [3.63, 3.8) is 0 Å². The van der Waals surface area contributed by atoms with Crippen LogP contribution in [-0.2, 0) is 12.0 Å². The first kappa shape index (κ1) is 17.0. The van der Waals surface area contributed by atoms with Gasteiger partial charge in [-0.2, -0.15) is 0 Å². The molecule has 1 aliphatic rings. The van der Waals surface area contributed by atoms with Crippen LogP contribution in [0, 0.1) is 5.92 Å². The predicted molar refractivity (Wildman–Crippen MR) is 93.2 cm³/mol. The lowest BCUT2D eigenvalue weighted by Crippen LogP contribution is -2.19. The Labute approximate surface area is 134 Å². The van der Waals surface area contributed by atoms with E-state index in [0.717, 1.165) is 19.0 Å². The first-order valence-electron chi connectivity index (χ1n) is 8.62. The molecule has 1 aliphatic carbocycles. The lowest BCUT2D eigenvalue weighted by atomic mass is 9.83. The number of hydrogen-bond acceptors (Lipinski definition) is 3. The maximum atomic E-state index is 5.09. The van der Waals surface area contributed by atoms with E-state index in [9.17, 15) is 0 Å². The van der Waals surface area contributed by atoms with Gasteiger partial charge in [0.15, 0.2) is 0 Å². The Morgan fingerprint density at radius 1 is 1.19 bits per heavy atom. The highest BCUT2D eigenvalue weighted by Gasteiger charge is 2.27. The van der Waals surface area contributed by atoms with Gasteiger partial charge >= 0.3 is 0 Å². The quantitative estimate of drug-likeness (QED) is 0.753. The maximum Gasteiger partial charge on any atom is 0.0962 e. The van der Waals surface area contributed by atoms with Crippen LogP contribution in [0.3, 0.4) is 0 Å². The summed E-state index contributed by atoms with van der Waals surface area (Å²) in [6.07, 6.45) is 6.61. The molecule has 0 bridgehead atoms. The van der Waals surface area contributed by atoms with E-state index in [4.69, 9.17) is 4.98 Å². The Bertz CT molecular complexity index is 437. The van der Waals surface area contributed by atoms with Gasteiger partial charge in [-0.15, -0.1) is 11.3 Å². The normalized spacial score (nSPS) is 23.5. The zero-order valence-corrected chi connectivity index (χ0v) is 15.3. The van der Waals surface area contributed by atoms with Gasteiger partial charge < -0.3 is 5.32 Å². The molecule has 1 N–H and O–H groups in total. The first-order valence-corrected chi connectivity index (χ1v) is 9.44. The molecule has 1 heterocycles. The fourth-order valence-corrected chi connectivity index (χ4v) is 4.55. The smallest absolute Gasteiger partial charge is 0.0962 e. The molecule has 1 aromatic rings. The predicted octanol–water partition coefficient (Wildman–Crippen LogP) is 5.23. The van der Waals surface area contributed by atoms with Gasteiger partial charge in [0.05, 0.1) is 10.7 Å². The van der Waals surface area contributed by atoms with Crippen LogP contribution < -0.4 is 5.32 Å². The van der Waals surface area contributed by atoms with Gasteiger partial charge in [-0.25, -0.2) is 4.98 Å². The summed E-state index contributed by atoms with van der Waals surface area (Å²) in [7, 11) is 0. The lowest BCUT2D eigenvalue weighted by Gasteiger charge is -2.24. The molecule has 0 aliphatic heterocycles. The third kappa shape index (κ3) is 4.53. The molecule has 1 saturated carbocycles. The SMILES string of the molecule is CCCNCc1sc(C2CCC(C)CC2)nc1C(C)(C)C. The zero-order chi connectivity index (χ0) is 15.5. The monoisotopic (exact) mass is 308 g/mol. The van der Waals surface area contributed by atoms with E-state index in [1.54, 1.807) is 0 Å². The molecule has 2 nitrogen and oxygen atoms in total. The molecule has 0 atom stereocenters. The van der Waals surface area contributed by atoms with Gasteiger partial charge in [-0.3, -0.25) is 0 Å². The molecule has 1 aromatic heterocycles. The molecule has 0 unspecified atom stereocenters. The molecule has 0 radical (unpaired) electrons. The van der Waals surface area contributed by atoms with Crippen LogP contribution in [0.15, 0.2) is 0 Å². The van der Waals surface area contributed by atoms with Crippen molar-refractivity contribution in [3.05, 3.63) is 15.6 Å². The van der Waals surface area contributed by atoms with E-state index in [2.05, 4.69) is 39.9 Å². The summed E-state index contributed by atoms with van der Waals surface area (Å²) in [5.41, 5.74) is 1.48. The van der Waals surface area contributed by atoms with Crippen molar-refractivity contribution in [2.75, 3.05) is 6.54 Å². The van der Waals surface area contributed by atoms with E-state index in [-0.39, 0.29) is 5.41 Å². The summed E-state index contributed by atoms with van der Waals surface area (Å²) in [5, 5.41) is 4.96. The van der Waals surface area contributed by atoms with Crippen LogP contribution >= 0.6 is 11.3 Å². The molecule has 1 fully saturated rings. The van der Waals surface area contributed by atoms with Gasteiger partial charge in [-0.1, -0.05) is 47.5 Å². The van der Waals surface area contributed by atoms with Crippen molar-refractivity contribution >= 4 is 11.3 Å². The van der Waals surface area contributed by atoms with Gasteiger partial charge in [0.2, 0.25) is 0 Å². The molecule has 0 aromatic carbocycles. The van der Waals surface area contributed by atoms with E-state index in [0.29, 0.717) is 5.92 Å². The van der Waals surface area contributed by atoms with E-state index in [1.165, 1.54) is 47.7 Å². The topological polar surface area (TPSA) is 24.9 Å². The minimum atomic E-state index is 0.153. The van der Waals surface area contributed by atoms with Crippen LogP contribution in [0.2, 0.25) is 0 Å². The fraction of sp³-hybridized carbons (Fsp3) is 0.833. The summed E-state index contributed by atoms with van der Waals surface area (Å²) < 4.78 is 0. The van der Waals surface area contributed by atoms with Crippen LogP contribution in [0.25, 0.3) is 0 Å². The number of thiazole rings is 1. The second-order valence-corrected chi connectivity index (χ2v) is 8.82. The number of rotatable bonds is 5. The summed E-state index contributed by atoms with van der Waals surface area (Å²) in [6.45, 7) is 13.6. The van der Waals surface area contributed by atoms with Crippen molar-refractivity contribution in [1.82, 2.24) is 10.3 Å². The standard InChI is InChI=1S/C18H32N2S/c1-6-11-19-12-15-16(18(3,4)5)20-17(21-15)14-9-7-13(2)8-10-14/h13-14,19H,6-12H2,1-5H3. The highest BCUT2D eigenvalue weighted by Crippen LogP contribution is 2.40. The summed E-state index contributed by atoms with van der Waals surface area (Å²) in [5.74, 6) is 1.63. The van der Waals surface area contributed by atoms with Crippen molar-refractivity contribution in [3.8, 4) is 0 Å². The lowest BCUT2D eigenvalue weighted by molar-refractivity contribution is 0.346. The van der Waals surface area contributed by atoms with Crippen LogP contribution in [0.5, 0.6) is 0 Å². The molecule has 21 heavy (non-hydrogen) atoms. The molecule has 0 spiro atoms. The molecule has 120 valence electrons. The van der Waals surface area contributed by atoms with E-state index in [1.807, 2.05) is 11.3 Å². The van der Waals surface area contributed by atoms with Gasteiger partial charge in [0, 0.05) is 22.8 Å². The molecule has 0 saturated heterocycles. The molecular weight excluding hydrogens is 276 g/mol. The zero-order valence-electron chi connectivity index (χ0n) is 14.5. The first-order chi connectivity index (χ1) is 9.91. The Hall–Kier alpha value is -0.410. The van der Waals surface area contributed by atoms with Crippen molar-refractivity contribution < 1.29 is 0 Å². The molecule has 3 heteroatoms. The summed E-state index contributed by atoms with van der Waals surface area (Å²) >= 11 is 1.97. The van der Waals surface area contributed by atoms with Crippen LogP contribution in [0.1, 0.15) is 88.2 Å². The van der Waals surface area contributed by atoms with Crippen molar-refractivity contribution in [2.24, 2.45) is 5.92 Å². The molecule has 2 rings (SSSR count). The van der Waals surface area contributed by atoms with Gasteiger partial charge in [0.1, 0.15) is 0 Å². The molecular formula is C18H32N2S. The largest absolute Gasteiger partial charge is 0.312 e. The Morgan fingerprint density at radius 2 is 1.86 bits per heavy atom. The minimum absolute atomic E-state index is 0.153. The van der Waals surface area contributed by atoms with E-state index < -0.39 is 0 Å². The second kappa shape index (κ2) is 7.23. The number of nitrogens with one attached hydrogen (secondary N) is 1. The highest BCUT2D eigenvalue weighted by atomic mass is 32.1. The van der Waals surface area contributed by atoms with Gasteiger partial charge in [0.25, 0.3) is 0 Å². The third-order valence-electron chi connectivity index (χ3n) is 4.50. The Morgan fingerprint density at radius 3 is 2.43 bits per heavy atom. The van der Waals surface area contributed by atoms with Crippen LogP contribution in [0.4, 0.5) is 0 Å². The second-order valence-electron chi connectivity index (χ2n) is 7.71. The van der Waals surface area contributed by atoms with E-state index >= 15 is 0 Å². The number of aromatic nitrogens is 1. The average molecular weight is 309 g/mol. The van der Waals surface area contributed by atoms with Crippen molar-refractivity contribution in [1.29, 1.82) is 0 Å². The minimum Gasteiger partial charge on any atom is -0.312 e. The Kier molecular flexibility index (Phi) is 5.84. The van der Waals surface area contributed by atoms with Crippen molar-refractivity contribution in [2.45, 2.75) is 84.6 Å². The maximum absolute atomic E-state index is 5.09. The third-order valence-corrected chi connectivity index (χ3v) is 5.72. The summed E-state index contributed by atoms with van der Waals surface area (Å²) in [4.78, 5) is 6.55. The molecule has 0 amide bonds. The Balaban J connectivity index is 2.15. The highest BCUT2D eigenvalue weighted by molar-refractivity contribution is 7.11.